The van der Waals surface area contributed by atoms with E-state index in [0.717, 1.165) is 22.6 Å². The van der Waals surface area contributed by atoms with Crippen LogP contribution in [0.2, 0.25) is 0 Å². The fraction of sp³-hybridized carbons (Fsp3) is 0.192. The Balaban J connectivity index is 1.64. The van der Waals surface area contributed by atoms with Gasteiger partial charge >= 0.3 is 17.9 Å². The number of rotatable bonds is 8. The number of benzene rings is 2. The predicted molar refractivity (Wildman–Crippen MR) is 131 cm³/mol. The summed E-state index contributed by atoms with van der Waals surface area (Å²) in [7, 11) is 2.38. The number of carbonyl (C=O) groups is 4. The topological polar surface area (TPSA) is 126 Å². The van der Waals surface area contributed by atoms with Crippen molar-refractivity contribution in [3.63, 3.8) is 0 Å². The van der Waals surface area contributed by atoms with Gasteiger partial charge in [0, 0.05) is 23.0 Å². The molecular weight excluding hydrogens is 466 g/mol. The van der Waals surface area contributed by atoms with Gasteiger partial charge in [0.15, 0.2) is 6.61 Å². The van der Waals surface area contributed by atoms with Crippen molar-refractivity contribution in [3.05, 3.63) is 82.7 Å². The lowest BCUT2D eigenvalue weighted by atomic mass is 10.1. The Labute approximate surface area is 207 Å². The number of nitrogens with one attached hydrogen (secondary N) is 1. The molecule has 1 heterocycles. The second-order valence-corrected chi connectivity index (χ2v) is 7.60. The average molecular weight is 492 g/mol. The van der Waals surface area contributed by atoms with Crippen molar-refractivity contribution in [2.45, 2.75) is 13.8 Å². The van der Waals surface area contributed by atoms with E-state index in [1.54, 1.807) is 10.8 Å². The van der Waals surface area contributed by atoms with Crippen LogP contribution in [0.15, 0.2) is 54.6 Å². The van der Waals surface area contributed by atoms with Crippen LogP contribution >= 0.6 is 0 Å². The average Bonchev–Trinajstić information content (AvgIpc) is 3.18. The van der Waals surface area contributed by atoms with Crippen LogP contribution in [0.4, 0.5) is 5.69 Å². The second kappa shape index (κ2) is 11.6. The molecule has 186 valence electrons. The quantitative estimate of drug-likeness (QED) is 0.289. The number of methoxy groups -OCH3 is 2. The molecule has 0 radical (unpaired) electrons. The Morgan fingerprint density at radius 2 is 1.56 bits per heavy atom. The highest BCUT2D eigenvalue weighted by atomic mass is 16.5. The summed E-state index contributed by atoms with van der Waals surface area (Å²) >= 11 is 0. The Morgan fingerprint density at radius 1 is 0.944 bits per heavy atom. The summed E-state index contributed by atoms with van der Waals surface area (Å²) in [4.78, 5) is 48.3. The molecule has 0 saturated heterocycles. The van der Waals surface area contributed by atoms with Gasteiger partial charge in [0.25, 0.3) is 5.91 Å². The van der Waals surface area contributed by atoms with Crippen LogP contribution in [0.5, 0.6) is 0 Å². The van der Waals surface area contributed by atoms with Gasteiger partial charge in [0.1, 0.15) is 0 Å². The molecule has 3 aromatic rings. The number of aromatic nitrogens is 2. The zero-order chi connectivity index (χ0) is 26.2. The molecule has 1 aromatic heterocycles. The molecule has 1 N–H and O–H groups in total. The summed E-state index contributed by atoms with van der Waals surface area (Å²) in [5.74, 6) is -2.79. The zero-order valence-corrected chi connectivity index (χ0v) is 20.2. The van der Waals surface area contributed by atoms with Crippen LogP contribution in [0.1, 0.15) is 37.7 Å². The predicted octanol–water partition coefficient (Wildman–Crippen LogP) is 3.26. The van der Waals surface area contributed by atoms with Gasteiger partial charge in [-0.1, -0.05) is 18.2 Å². The van der Waals surface area contributed by atoms with E-state index in [1.807, 2.05) is 44.2 Å². The molecule has 0 bridgehead atoms. The van der Waals surface area contributed by atoms with Crippen LogP contribution in [0.25, 0.3) is 11.8 Å². The molecular formula is C26H25N3O7. The van der Waals surface area contributed by atoms with E-state index >= 15 is 0 Å². The van der Waals surface area contributed by atoms with Gasteiger partial charge in [0.05, 0.1) is 36.7 Å². The van der Waals surface area contributed by atoms with Crippen LogP contribution in [0, 0.1) is 13.8 Å². The molecule has 0 aliphatic rings. The number of carbonyl (C=O) groups excluding carboxylic acids is 4. The third kappa shape index (κ3) is 6.23. The molecule has 1 amide bonds. The Hall–Kier alpha value is -4.73. The fourth-order valence-corrected chi connectivity index (χ4v) is 3.42. The summed E-state index contributed by atoms with van der Waals surface area (Å²) in [5.41, 5.74) is 3.43. The van der Waals surface area contributed by atoms with E-state index in [2.05, 4.69) is 19.9 Å². The molecule has 0 aliphatic carbocycles. The van der Waals surface area contributed by atoms with Crippen LogP contribution in [-0.4, -0.2) is 54.4 Å². The molecule has 10 nitrogen and oxygen atoms in total. The van der Waals surface area contributed by atoms with Crippen LogP contribution < -0.4 is 5.32 Å². The standard InChI is InChI=1S/C26H25N3O7/c1-16-22(17(2)29(28-16)21-8-6-5-7-9-21)10-11-24(31)36-15-23(30)27-20-13-18(25(32)34-3)12-19(14-20)26(33)35-4/h5-14H,15H2,1-4H3,(H,27,30)/b11-10+. The largest absolute Gasteiger partial charge is 0.465 e. The number of esters is 3. The van der Waals surface area contributed by atoms with E-state index in [4.69, 9.17) is 4.74 Å². The smallest absolute Gasteiger partial charge is 0.337 e. The molecule has 10 heteroatoms. The Morgan fingerprint density at radius 3 is 2.14 bits per heavy atom. The fourth-order valence-electron chi connectivity index (χ4n) is 3.42. The van der Waals surface area contributed by atoms with Gasteiger partial charge in [-0.25, -0.2) is 19.1 Å². The van der Waals surface area contributed by atoms with E-state index < -0.39 is 30.4 Å². The third-order valence-electron chi connectivity index (χ3n) is 5.14. The van der Waals surface area contributed by atoms with Gasteiger partial charge in [0.2, 0.25) is 0 Å². The molecule has 0 fully saturated rings. The first-order valence-corrected chi connectivity index (χ1v) is 10.8. The lowest BCUT2D eigenvalue weighted by molar-refractivity contribution is -0.142. The minimum absolute atomic E-state index is 0.0393. The first-order chi connectivity index (χ1) is 17.2. The van der Waals surface area contributed by atoms with Crippen molar-refractivity contribution in [2.24, 2.45) is 0 Å². The molecule has 0 saturated carbocycles. The highest BCUT2D eigenvalue weighted by Gasteiger charge is 2.16. The third-order valence-corrected chi connectivity index (χ3v) is 5.14. The normalized spacial score (nSPS) is 10.7. The maximum absolute atomic E-state index is 12.3. The highest BCUT2D eigenvalue weighted by molar-refractivity contribution is 6.00. The van der Waals surface area contributed by atoms with Crippen molar-refractivity contribution < 1.29 is 33.4 Å². The first kappa shape index (κ1) is 25.9. The number of hydrogen-bond acceptors (Lipinski definition) is 8. The molecule has 0 atom stereocenters. The van der Waals surface area contributed by atoms with Gasteiger partial charge in [-0.2, -0.15) is 5.10 Å². The molecule has 2 aromatic carbocycles. The van der Waals surface area contributed by atoms with Crippen LogP contribution in [0.3, 0.4) is 0 Å². The van der Waals surface area contributed by atoms with E-state index in [1.165, 1.54) is 38.5 Å². The maximum Gasteiger partial charge on any atom is 0.337 e. The van der Waals surface area contributed by atoms with Crippen molar-refractivity contribution in [1.29, 1.82) is 0 Å². The van der Waals surface area contributed by atoms with E-state index in [9.17, 15) is 19.2 Å². The van der Waals surface area contributed by atoms with Gasteiger partial charge in [-0.05, 0) is 50.3 Å². The zero-order valence-electron chi connectivity index (χ0n) is 20.2. The highest BCUT2D eigenvalue weighted by Crippen LogP contribution is 2.19. The number of ether oxygens (including phenoxy) is 3. The summed E-state index contributed by atoms with van der Waals surface area (Å²) in [6.07, 6.45) is 2.80. The second-order valence-electron chi connectivity index (χ2n) is 7.60. The summed E-state index contributed by atoms with van der Waals surface area (Å²) < 4.78 is 16.1. The minimum atomic E-state index is -0.727. The summed E-state index contributed by atoms with van der Waals surface area (Å²) in [5, 5.41) is 6.99. The molecule has 3 rings (SSSR count). The summed E-state index contributed by atoms with van der Waals surface area (Å²) in [6.45, 7) is 3.13. The van der Waals surface area contributed by atoms with E-state index in [-0.39, 0.29) is 16.8 Å². The minimum Gasteiger partial charge on any atom is -0.465 e. The number of amides is 1. The van der Waals surface area contributed by atoms with Gasteiger partial charge in [-0.3, -0.25) is 4.79 Å². The van der Waals surface area contributed by atoms with E-state index in [0.29, 0.717) is 0 Å². The molecule has 0 unspecified atom stereocenters. The van der Waals surface area contributed by atoms with Crippen molar-refractivity contribution in [3.8, 4) is 5.69 Å². The van der Waals surface area contributed by atoms with Gasteiger partial charge in [-0.15, -0.1) is 0 Å². The molecule has 0 spiro atoms. The molecule has 0 aliphatic heterocycles. The van der Waals surface area contributed by atoms with Crippen molar-refractivity contribution in [2.75, 3.05) is 26.1 Å². The lowest BCUT2D eigenvalue weighted by Gasteiger charge is -2.09. The number of aryl methyl sites for hydroxylation is 1. The number of hydrogen-bond donors (Lipinski definition) is 1. The maximum atomic E-state index is 12.3. The monoisotopic (exact) mass is 491 g/mol. The Bertz CT molecular complexity index is 1290. The van der Waals surface area contributed by atoms with Crippen LogP contribution in [-0.2, 0) is 23.8 Å². The van der Waals surface area contributed by atoms with Gasteiger partial charge < -0.3 is 19.5 Å². The van der Waals surface area contributed by atoms with Crippen molar-refractivity contribution in [1.82, 2.24) is 9.78 Å². The summed E-state index contributed by atoms with van der Waals surface area (Å²) in [6, 6.07) is 13.5. The SMILES string of the molecule is COC(=O)c1cc(NC(=O)COC(=O)/C=C/c2c(C)nn(-c3ccccc3)c2C)cc(C(=O)OC)c1. The molecule has 36 heavy (non-hydrogen) atoms. The number of anilines is 1. The first-order valence-electron chi connectivity index (χ1n) is 10.8. The van der Waals surface area contributed by atoms with Crippen molar-refractivity contribution >= 4 is 35.6 Å². The number of para-hydroxylation sites is 1. The number of nitrogens with zero attached hydrogens (tertiary/aromatic N) is 2. The Kier molecular flexibility index (Phi) is 8.35. The lowest BCUT2D eigenvalue weighted by Crippen LogP contribution is -2.20.